The molecule has 0 heterocycles. The Morgan fingerprint density at radius 3 is 2.10 bits per heavy atom. The van der Waals surface area contributed by atoms with E-state index in [1.165, 1.54) is 0 Å². The van der Waals surface area contributed by atoms with Crippen LogP contribution in [0, 0.1) is 13.8 Å². The lowest BCUT2D eigenvalue weighted by Gasteiger charge is -2.20. The van der Waals surface area contributed by atoms with Crippen molar-refractivity contribution in [2.24, 2.45) is 0 Å². The van der Waals surface area contributed by atoms with E-state index in [1.54, 1.807) is 0 Å². The van der Waals surface area contributed by atoms with Crippen LogP contribution in [0.4, 0.5) is 0 Å². The van der Waals surface area contributed by atoms with Crippen molar-refractivity contribution in [2.45, 2.75) is 52.3 Å². The van der Waals surface area contributed by atoms with Gasteiger partial charge in [-0.2, -0.15) is 0 Å². The Morgan fingerprint density at radius 2 is 1.60 bits per heavy atom. The standard InChI is InChI=1S/C16H27NO2S/c1-13-9-14(2)11-15(10-13)12-20(18,19)8-6-7-17-16(3,4)5/h9-11,17H,6-8,12H2,1-5H3. The van der Waals surface area contributed by atoms with E-state index in [1.807, 2.05) is 26.0 Å². The second-order valence-electron chi connectivity index (χ2n) is 6.62. The number of aryl methyl sites for hydroxylation is 2. The molecule has 0 aliphatic carbocycles. The number of rotatable bonds is 6. The van der Waals surface area contributed by atoms with Gasteiger partial charge < -0.3 is 5.32 Å². The molecule has 1 N–H and O–H groups in total. The average Bonchev–Trinajstić information content (AvgIpc) is 2.21. The zero-order valence-electron chi connectivity index (χ0n) is 13.3. The lowest BCUT2D eigenvalue weighted by molar-refractivity contribution is 0.426. The first-order valence-electron chi connectivity index (χ1n) is 7.10. The molecule has 0 aromatic heterocycles. The molecule has 0 amide bonds. The molecule has 20 heavy (non-hydrogen) atoms. The van der Waals surface area contributed by atoms with Gasteiger partial charge in [-0.1, -0.05) is 29.3 Å². The van der Waals surface area contributed by atoms with Gasteiger partial charge in [0, 0.05) is 5.54 Å². The molecular formula is C16H27NO2S. The predicted molar refractivity (Wildman–Crippen MR) is 85.8 cm³/mol. The van der Waals surface area contributed by atoms with Crippen molar-refractivity contribution in [3.63, 3.8) is 0 Å². The lowest BCUT2D eigenvalue weighted by atomic mass is 10.1. The maximum absolute atomic E-state index is 12.1. The number of nitrogens with one attached hydrogen (secondary N) is 1. The quantitative estimate of drug-likeness (QED) is 0.821. The summed E-state index contributed by atoms with van der Waals surface area (Å²) in [5.74, 6) is 0.383. The highest BCUT2D eigenvalue weighted by Crippen LogP contribution is 2.13. The van der Waals surface area contributed by atoms with Crippen LogP contribution < -0.4 is 5.32 Å². The Bertz CT molecular complexity index is 522. The summed E-state index contributed by atoms with van der Waals surface area (Å²) in [5.41, 5.74) is 3.16. The van der Waals surface area contributed by atoms with Crippen LogP contribution in [0.1, 0.15) is 43.9 Å². The molecule has 114 valence electrons. The normalized spacial score (nSPS) is 12.7. The summed E-state index contributed by atoms with van der Waals surface area (Å²) in [6.45, 7) is 11.0. The molecule has 0 atom stereocenters. The summed E-state index contributed by atoms with van der Waals surface area (Å²) in [6.07, 6.45) is 0.657. The largest absolute Gasteiger partial charge is 0.312 e. The van der Waals surface area contributed by atoms with Crippen molar-refractivity contribution in [3.8, 4) is 0 Å². The van der Waals surface area contributed by atoms with E-state index in [-0.39, 0.29) is 17.0 Å². The maximum Gasteiger partial charge on any atom is 0.154 e. The van der Waals surface area contributed by atoms with Crippen molar-refractivity contribution in [1.82, 2.24) is 5.32 Å². The fourth-order valence-electron chi connectivity index (χ4n) is 2.23. The average molecular weight is 297 g/mol. The van der Waals surface area contributed by atoms with E-state index in [9.17, 15) is 8.42 Å². The summed E-state index contributed by atoms with van der Waals surface area (Å²) < 4.78 is 24.2. The molecule has 3 nitrogen and oxygen atoms in total. The van der Waals surface area contributed by atoms with Crippen molar-refractivity contribution in [1.29, 1.82) is 0 Å². The van der Waals surface area contributed by atoms with E-state index in [0.29, 0.717) is 6.42 Å². The lowest BCUT2D eigenvalue weighted by Crippen LogP contribution is -2.37. The molecule has 0 saturated carbocycles. The van der Waals surface area contributed by atoms with Crippen LogP contribution in [0.2, 0.25) is 0 Å². The minimum absolute atomic E-state index is 0.0391. The molecule has 0 bridgehead atoms. The fourth-order valence-corrected chi connectivity index (χ4v) is 3.64. The van der Waals surface area contributed by atoms with Crippen LogP contribution in [0.5, 0.6) is 0 Å². The number of hydrogen-bond acceptors (Lipinski definition) is 3. The van der Waals surface area contributed by atoms with Gasteiger partial charge in [0.1, 0.15) is 0 Å². The molecule has 0 aliphatic heterocycles. The zero-order chi connectivity index (χ0) is 15.4. The van der Waals surface area contributed by atoms with Gasteiger partial charge in [-0.05, 0) is 53.1 Å². The SMILES string of the molecule is Cc1cc(C)cc(CS(=O)(=O)CCCNC(C)(C)C)c1. The summed E-state index contributed by atoms with van der Waals surface area (Å²) in [4.78, 5) is 0. The molecule has 0 unspecified atom stereocenters. The van der Waals surface area contributed by atoms with E-state index >= 15 is 0 Å². The van der Waals surface area contributed by atoms with Crippen molar-refractivity contribution in [2.75, 3.05) is 12.3 Å². The molecule has 1 rings (SSSR count). The first-order valence-corrected chi connectivity index (χ1v) is 8.92. The molecule has 1 aromatic rings. The van der Waals surface area contributed by atoms with Gasteiger partial charge in [0.15, 0.2) is 9.84 Å². The highest BCUT2D eigenvalue weighted by Gasteiger charge is 2.14. The van der Waals surface area contributed by atoms with Gasteiger partial charge in [0.05, 0.1) is 11.5 Å². The van der Waals surface area contributed by atoms with Crippen LogP contribution in [-0.4, -0.2) is 26.3 Å². The second-order valence-corrected chi connectivity index (χ2v) is 8.80. The van der Waals surface area contributed by atoms with Gasteiger partial charge >= 0.3 is 0 Å². The van der Waals surface area contributed by atoms with Gasteiger partial charge in [-0.15, -0.1) is 0 Å². The van der Waals surface area contributed by atoms with Crippen molar-refractivity contribution >= 4 is 9.84 Å². The molecular weight excluding hydrogens is 270 g/mol. The number of hydrogen-bond donors (Lipinski definition) is 1. The van der Waals surface area contributed by atoms with Crippen LogP contribution in [-0.2, 0) is 15.6 Å². The Hall–Kier alpha value is -0.870. The van der Waals surface area contributed by atoms with E-state index in [2.05, 4.69) is 32.2 Å². The molecule has 0 aliphatic rings. The summed E-state index contributed by atoms with van der Waals surface area (Å²) in [5, 5.41) is 3.31. The highest BCUT2D eigenvalue weighted by atomic mass is 32.2. The summed E-state index contributed by atoms with van der Waals surface area (Å²) >= 11 is 0. The van der Waals surface area contributed by atoms with Gasteiger partial charge in [0.2, 0.25) is 0 Å². The van der Waals surface area contributed by atoms with Crippen molar-refractivity contribution in [3.05, 3.63) is 34.9 Å². The van der Waals surface area contributed by atoms with E-state index < -0.39 is 9.84 Å². The predicted octanol–water partition coefficient (Wildman–Crippen LogP) is 3.00. The third kappa shape index (κ3) is 7.06. The Morgan fingerprint density at radius 1 is 1.05 bits per heavy atom. The second kappa shape index (κ2) is 6.72. The number of benzene rings is 1. The van der Waals surface area contributed by atoms with Gasteiger partial charge in [0.25, 0.3) is 0 Å². The molecule has 4 heteroatoms. The molecule has 0 fully saturated rings. The van der Waals surface area contributed by atoms with Crippen LogP contribution in [0.15, 0.2) is 18.2 Å². The topological polar surface area (TPSA) is 46.2 Å². The minimum atomic E-state index is -3.03. The molecule has 0 saturated heterocycles. The maximum atomic E-state index is 12.1. The summed E-state index contributed by atoms with van der Waals surface area (Å²) in [7, 11) is -3.03. The molecule has 1 aromatic carbocycles. The third-order valence-electron chi connectivity index (χ3n) is 2.96. The highest BCUT2D eigenvalue weighted by molar-refractivity contribution is 7.90. The fraction of sp³-hybridized carbons (Fsp3) is 0.625. The van der Waals surface area contributed by atoms with Crippen LogP contribution in [0.3, 0.4) is 0 Å². The van der Waals surface area contributed by atoms with E-state index in [4.69, 9.17) is 0 Å². The Labute approximate surface area is 123 Å². The van der Waals surface area contributed by atoms with E-state index in [0.717, 1.165) is 23.2 Å². The van der Waals surface area contributed by atoms with Gasteiger partial charge in [-0.3, -0.25) is 0 Å². The molecule has 0 radical (unpaired) electrons. The Balaban J connectivity index is 2.53. The summed E-state index contributed by atoms with van der Waals surface area (Å²) in [6, 6.07) is 5.97. The first-order chi connectivity index (χ1) is 9.07. The third-order valence-corrected chi connectivity index (χ3v) is 4.64. The van der Waals surface area contributed by atoms with Gasteiger partial charge in [-0.25, -0.2) is 8.42 Å². The van der Waals surface area contributed by atoms with Crippen LogP contribution >= 0.6 is 0 Å². The van der Waals surface area contributed by atoms with Crippen LogP contribution in [0.25, 0.3) is 0 Å². The smallest absolute Gasteiger partial charge is 0.154 e. The van der Waals surface area contributed by atoms with Crippen molar-refractivity contribution < 1.29 is 8.42 Å². The first kappa shape index (κ1) is 17.2. The minimum Gasteiger partial charge on any atom is -0.312 e. The monoisotopic (exact) mass is 297 g/mol. The molecule has 0 spiro atoms. The zero-order valence-corrected chi connectivity index (χ0v) is 14.1. The number of sulfone groups is 1. The Kier molecular flexibility index (Phi) is 5.78.